The lowest BCUT2D eigenvalue weighted by atomic mass is 10.1. The van der Waals surface area contributed by atoms with Gasteiger partial charge in [-0.15, -0.1) is 22.7 Å². The highest BCUT2D eigenvalue weighted by atomic mass is 32.1. The molecule has 0 aliphatic rings. The summed E-state index contributed by atoms with van der Waals surface area (Å²) in [5.41, 5.74) is 1.24. The van der Waals surface area contributed by atoms with Crippen molar-refractivity contribution in [3.05, 3.63) is 116 Å². The largest absolute Gasteiger partial charge is 0.481 e. The Morgan fingerprint density at radius 3 is 1.19 bits per heavy atom. The molecule has 2 N–H and O–H groups in total. The topological polar surface area (TPSA) is 109 Å². The Labute approximate surface area is 216 Å². The summed E-state index contributed by atoms with van der Waals surface area (Å²) in [4.78, 5) is 48.5. The van der Waals surface area contributed by atoms with Gasteiger partial charge in [-0.25, -0.2) is 0 Å². The van der Waals surface area contributed by atoms with Crippen LogP contribution in [0.15, 0.2) is 84.9 Å². The zero-order valence-corrected chi connectivity index (χ0v) is 21.2. The van der Waals surface area contributed by atoms with Crippen molar-refractivity contribution in [2.45, 2.75) is 25.7 Å². The van der Waals surface area contributed by atoms with Gasteiger partial charge in [0.1, 0.15) is 0 Å². The van der Waals surface area contributed by atoms with E-state index < -0.39 is 23.8 Å². The zero-order valence-electron chi connectivity index (χ0n) is 19.6. The average Bonchev–Trinajstić information content (AvgIpc) is 3.59. The van der Waals surface area contributed by atoms with Gasteiger partial charge in [0.05, 0.1) is 21.6 Å². The highest BCUT2D eigenvalue weighted by Gasteiger charge is 2.19. The number of carbonyl (C=O) groups excluding carboxylic acids is 2. The summed E-state index contributed by atoms with van der Waals surface area (Å²) in [5.74, 6) is -3.04. The van der Waals surface area contributed by atoms with E-state index in [2.05, 4.69) is 0 Å². The average molecular weight is 521 g/mol. The number of ketones is 2. The number of carboxylic acid groups (broad SMARTS) is 2. The second-order valence-corrected chi connectivity index (χ2v) is 10.1. The number of rotatable bonds is 8. The molecule has 2 heterocycles. The number of carboxylic acids is 2. The second kappa shape index (κ2) is 12.2. The van der Waals surface area contributed by atoms with Gasteiger partial charge in [0.2, 0.25) is 11.6 Å². The van der Waals surface area contributed by atoms with Gasteiger partial charge < -0.3 is 10.2 Å². The molecule has 0 aliphatic carbocycles. The first-order valence-electron chi connectivity index (χ1n) is 11.0. The normalized spacial score (nSPS) is 12.1. The number of thiophene rings is 2. The summed E-state index contributed by atoms with van der Waals surface area (Å²) in [5, 5.41) is 17.8. The number of aliphatic carboxylic acids is 2. The molecular weight excluding hydrogens is 496 g/mol. The van der Waals surface area contributed by atoms with Crippen molar-refractivity contribution in [1.82, 2.24) is 0 Å². The third kappa shape index (κ3) is 6.62. The first-order valence-corrected chi connectivity index (χ1v) is 12.7. The summed E-state index contributed by atoms with van der Waals surface area (Å²) >= 11 is 2.48. The predicted octanol–water partition coefficient (Wildman–Crippen LogP) is 6.33. The van der Waals surface area contributed by atoms with Crippen LogP contribution in [-0.4, -0.2) is 33.7 Å². The molecule has 0 bridgehead atoms. The molecule has 2 aromatic carbocycles. The summed E-state index contributed by atoms with van der Waals surface area (Å²) in [6, 6.07) is 24.7. The van der Waals surface area contributed by atoms with Crippen LogP contribution in [0.2, 0.25) is 0 Å². The third-order valence-electron chi connectivity index (χ3n) is 5.37. The Morgan fingerprint density at radius 2 is 0.889 bits per heavy atom. The monoisotopic (exact) mass is 520 g/mol. The fourth-order valence-electron chi connectivity index (χ4n) is 3.12. The molecular formula is C28H24O6S2. The Morgan fingerprint density at radius 1 is 0.556 bits per heavy atom. The van der Waals surface area contributed by atoms with E-state index in [1.807, 2.05) is 36.4 Å². The lowest BCUT2D eigenvalue weighted by molar-refractivity contribution is -0.139. The number of hydrogen-bond acceptors (Lipinski definition) is 6. The first-order chi connectivity index (χ1) is 17.2. The Bertz CT molecular complexity index is 1250. The SMILES string of the molecule is C[C@@H](C(=O)O)c1ccc(C(=O)c2ccccc2)s1.C[C@H](C(=O)O)c1ccc(C(=O)c2ccccc2)s1. The molecule has 0 unspecified atom stereocenters. The van der Waals surface area contributed by atoms with Crippen LogP contribution in [0.1, 0.15) is 65.9 Å². The number of benzene rings is 2. The first kappa shape index (κ1) is 26.7. The molecule has 4 aromatic rings. The van der Waals surface area contributed by atoms with Crippen LogP contribution in [0.4, 0.5) is 0 Å². The fraction of sp³-hybridized carbons (Fsp3) is 0.143. The highest BCUT2D eigenvalue weighted by molar-refractivity contribution is 7.14. The van der Waals surface area contributed by atoms with Gasteiger partial charge >= 0.3 is 11.9 Å². The van der Waals surface area contributed by atoms with Gasteiger partial charge in [0.15, 0.2) is 0 Å². The Balaban J connectivity index is 0.000000201. The fourth-order valence-corrected chi connectivity index (χ4v) is 5.15. The molecule has 0 amide bonds. The molecule has 0 spiro atoms. The van der Waals surface area contributed by atoms with E-state index in [1.165, 1.54) is 22.7 Å². The van der Waals surface area contributed by atoms with Crippen LogP contribution in [0.5, 0.6) is 0 Å². The lowest BCUT2D eigenvalue weighted by Gasteiger charge is -2.01. The van der Waals surface area contributed by atoms with Crippen molar-refractivity contribution in [3.8, 4) is 0 Å². The van der Waals surface area contributed by atoms with Gasteiger partial charge in [-0.1, -0.05) is 60.7 Å². The maximum atomic E-state index is 12.1. The lowest BCUT2D eigenvalue weighted by Crippen LogP contribution is -2.05. The van der Waals surface area contributed by atoms with Crippen LogP contribution in [-0.2, 0) is 9.59 Å². The summed E-state index contributed by atoms with van der Waals surface area (Å²) in [7, 11) is 0. The molecule has 0 fully saturated rings. The molecule has 4 rings (SSSR count). The van der Waals surface area contributed by atoms with Crippen LogP contribution in [0.25, 0.3) is 0 Å². The molecule has 0 aliphatic heterocycles. The number of hydrogen-bond donors (Lipinski definition) is 2. The van der Waals surface area contributed by atoms with E-state index in [0.717, 1.165) is 0 Å². The van der Waals surface area contributed by atoms with E-state index in [1.54, 1.807) is 62.4 Å². The standard InChI is InChI=1S/2C14H12O3S/c2*1-9(14(16)17)11-7-8-12(18-11)13(15)10-5-3-2-4-6-10/h2*2-9H,1H3,(H,16,17)/t2*9-/m10/s1. The van der Waals surface area contributed by atoms with Crippen molar-refractivity contribution in [2.75, 3.05) is 0 Å². The zero-order chi connectivity index (χ0) is 26.2. The van der Waals surface area contributed by atoms with Crippen molar-refractivity contribution < 1.29 is 29.4 Å². The Kier molecular flexibility index (Phi) is 9.05. The molecule has 2 aromatic heterocycles. The molecule has 0 radical (unpaired) electrons. The quantitative estimate of drug-likeness (QED) is 0.263. The van der Waals surface area contributed by atoms with E-state index in [4.69, 9.17) is 10.2 Å². The van der Waals surface area contributed by atoms with Crippen molar-refractivity contribution in [3.63, 3.8) is 0 Å². The summed E-state index contributed by atoms with van der Waals surface area (Å²) in [6.45, 7) is 3.23. The molecule has 6 nitrogen and oxygen atoms in total. The maximum absolute atomic E-state index is 12.1. The molecule has 0 saturated heterocycles. The van der Waals surface area contributed by atoms with Gasteiger partial charge in [-0.2, -0.15) is 0 Å². The van der Waals surface area contributed by atoms with Crippen molar-refractivity contribution in [2.24, 2.45) is 0 Å². The maximum Gasteiger partial charge on any atom is 0.311 e. The van der Waals surface area contributed by atoms with E-state index in [-0.39, 0.29) is 11.6 Å². The number of carbonyl (C=O) groups is 4. The van der Waals surface area contributed by atoms with E-state index >= 15 is 0 Å². The molecule has 36 heavy (non-hydrogen) atoms. The van der Waals surface area contributed by atoms with Crippen LogP contribution in [0.3, 0.4) is 0 Å². The Hall–Kier alpha value is -3.88. The minimum Gasteiger partial charge on any atom is -0.481 e. The molecule has 184 valence electrons. The van der Waals surface area contributed by atoms with Crippen molar-refractivity contribution >= 4 is 46.2 Å². The van der Waals surface area contributed by atoms with Crippen LogP contribution < -0.4 is 0 Å². The van der Waals surface area contributed by atoms with Gasteiger partial charge in [-0.05, 0) is 38.1 Å². The van der Waals surface area contributed by atoms with Crippen molar-refractivity contribution in [1.29, 1.82) is 0 Å². The second-order valence-electron chi connectivity index (χ2n) is 7.91. The van der Waals surface area contributed by atoms with E-state index in [9.17, 15) is 19.2 Å². The van der Waals surface area contributed by atoms with Gasteiger partial charge in [0, 0.05) is 20.9 Å². The van der Waals surface area contributed by atoms with Crippen LogP contribution >= 0.6 is 22.7 Å². The van der Waals surface area contributed by atoms with Gasteiger partial charge in [-0.3, -0.25) is 19.2 Å². The smallest absolute Gasteiger partial charge is 0.311 e. The molecule has 8 heteroatoms. The highest BCUT2D eigenvalue weighted by Crippen LogP contribution is 2.27. The van der Waals surface area contributed by atoms with E-state index in [0.29, 0.717) is 30.6 Å². The summed E-state index contributed by atoms with van der Waals surface area (Å²) in [6.07, 6.45) is 0. The third-order valence-corrected chi connectivity index (χ3v) is 7.90. The predicted molar refractivity (Wildman–Crippen MR) is 140 cm³/mol. The van der Waals surface area contributed by atoms with Gasteiger partial charge in [0.25, 0.3) is 0 Å². The molecule has 0 saturated carbocycles. The minimum atomic E-state index is -0.879. The minimum absolute atomic E-state index is 0.0653. The van der Waals surface area contributed by atoms with Crippen LogP contribution in [0, 0.1) is 0 Å². The molecule has 2 atom stereocenters. The summed E-state index contributed by atoms with van der Waals surface area (Å²) < 4.78 is 0.